The van der Waals surface area contributed by atoms with E-state index >= 15 is 0 Å². The fourth-order valence-electron chi connectivity index (χ4n) is 5.07. The number of hydrogen-bond donors (Lipinski definition) is 0. The van der Waals surface area contributed by atoms with Crippen LogP contribution < -0.4 is 0 Å². The van der Waals surface area contributed by atoms with E-state index in [4.69, 9.17) is 5.10 Å². The molecule has 4 aromatic rings. The first-order chi connectivity index (χ1) is 14.2. The summed E-state index contributed by atoms with van der Waals surface area (Å²) in [5.41, 5.74) is 4.78. The van der Waals surface area contributed by atoms with Crippen molar-refractivity contribution in [3.05, 3.63) is 66.5 Å². The Bertz CT molecular complexity index is 1210. The summed E-state index contributed by atoms with van der Waals surface area (Å²) in [6.45, 7) is 4.12. The predicted molar refractivity (Wildman–Crippen MR) is 112 cm³/mol. The average molecular weight is 384 g/mol. The highest BCUT2D eigenvalue weighted by molar-refractivity contribution is 5.82. The number of imidazole rings is 1. The van der Waals surface area contributed by atoms with Gasteiger partial charge in [-0.2, -0.15) is 5.10 Å². The summed E-state index contributed by atoms with van der Waals surface area (Å²) >= 11 is 0. The number of aromatic nitrogens is 5. The zero-order valence-electron chi connectivity index (χ0n) is 16.6. The maximum absolute atomic E-state index is 4.94. The first-order valence-electron chi connectivity index (χ1n) is 10.3. The third kappa shape index (κ3) is 2.70. The molecule has 0 amide bonds. The van der Waals surface area contributed by atoms with Gasteiger partial charge in [0.1, 0.15) is 5.82 Å². The third-order valence-corrected chi connectivity index (χ3v) is 6.73. The second-order valence-electron chi connectivity index (χ2n) is 8.50. The summed E-state index contributed by atoms with van der Waals surface area (Å²) in [7, 11) is 2.07. The minimum absolute atomic E-state index is 0.223. The van der Waals surface area contributed by atoms with Gasteiger partial charge >= 0.3 is 0 Å². The smallest absolute Gasteiger partial charge is 0.122 e. The summed E-state index contributed by atoms with van der Waals surface area (Å²) in [5, 5.41) is 6.11. The second-order valence-corrected chi connectivity index (χ2v) is 8.50. The molecule has 0 aliphatic carbocycles. The number of hydrogen-bond acceptors (Lipinski definition) is 4. The maximum Gasteiger partial charge on any atom is 0.122 e. The lowest BCUT2D eigenvalue weighted by atomic mass is 9.82. The van der Waals surface area contributed by atoms with Gasteiger partial charge in [-0.1, -0.05) is 18.2 Å². The molecule has 0 bridgehead atoms. The van der Waals surface area contributed by atoms with E-state index in [-0.39, 0.29) is 5.41 Å². The van der Waals surface area contributed by atoms with Crippen LogP contribution in [0.3, 0.4) is 0 Å². The van der Waals surface area contributed by atoms with Gasteiger partial charge < -0.3 is 4.57 Å². The summed E-state index contributed by atoms with van der Waals surface area (Å²) in [6.07, 6.45) is 8.24. The summed E-state index contributed by atoms with van der Waals surface area (Å²) in [4.78, 5) is 11.7. The number of para-hydroxylation sites is 1. The molecule has 1 fully saturated rings. The Balaban J connectivity index is 1.29. The van der Waals surface area contributed by atoms with Crippen molar-refractivity contribution >= 4 is 10.9 Å². The van der Waals surface area contributed by atoms with Gasteiger partial charge in [0.2, 0.25) is 0 Å². The van der Waals surface area contributed by atoms with E-state index in [2.05, 4.69) is 61.5 Å². The number of benzene rings is 1. The van der Waals surface area contributed by atoms with Crippen LogP contribution in [0.25, 0.3) is 22.2 Å². The van der Waals surface area contributed by atoms with Crippen LogP contribution in [-0.4, -0.2) is 42.3 Å². The van der Waals surface area contributed by atoms with Gasteiger partial charge in [0.05, 0.1) is 17.8 Å². The van der Waals surface area contributed by atoms with Crippen LogP contribution in [0.1, 0.15) is 24.4 Å². The van der Waals surface area contributed by atoms with Crippen LogP contribution >= 0.6 is 0 Å². The van der Waals surface area contributed by atoms with E-state index in [1.807, 2.05) is 24.7 Å². The lowest BCUT2D eigenvalue weighted by molar-refractivity contribution is 0.292. The van der Waals surface area contributed by atoms with E-state index in [0.717, 1.165) is 54.2 Å². The number of pyridine rings is 1. The van der Waals surface area contributed by atoms with Gasteiger partial charge in [0.25, 0.3) is 0 Å². The van der Waals surface area contributed by atoms with E-state index in [1.165, 1.54) is 18.5 Å². The van der Waals surface area contributed by atoms with Crippen LogP contribution in [0.15, 0.2) is 55.0 Å². The van der Waals surface area contributed by atoms with E-state index in [0.29, 0.717) is 0 Å². The van der Waals surface area contributed by atoms with Gasteiger partial charge in [0, 0.05) is 60.8 Å². The molecule has 1 unspecified atom stereocenters. The molecule has 29 heavy (non-hydrogen) atoms. The molecule has 146 valence electrons. The molecular formula is C23H24N6. The molecule has 1 aromatic carbocycles. The zero-order valence-corrected chi connectivity index (χ0v) is 16.6. The fourth-order valence-corrected chi connectivity index (χ4v) is 5.07. The van der Waals surface area contributed by atoms with Crippen LogP contribution in [0.2, 0.25) is 0 Å². The van der Waals surface area contributed by atoms with Crippen LogP contribution in [0.4, 0.5) is 0 Å². The van der Waals surface area contributed by atoms with E-state index in [9.17, 15) is 0 Å². The van der Waals surface area contributed by atoms with Gasteiger partial charge in [-0.3, -0.25) is 14.6 Å². The van der Waals surface area contributed by atoms with Crippen LogP contribution in [-0.2, 0) is 25.6 Å². The standard InChI is InChI=1S/C23H24N6/c1-27-11-8-24-22(27)15-28-9-6-23(16-28)7-10-29-21(23)13-20(26-29)18-12-17-4-2-3-5-19(17)25-14-18/h2-5,8,11-14H,6-7,9-10,15-16H2,1H3. The molecular weight excluding hydrogens is 360 g/mol. The van der Waals surface area contributed by atoms with Crippen molar-refractivity contribution in [2.75, 3.05) is 13.1 Å². The van der Waals surface area contributed by atoms with E-state index in [1.54, 1.807) is 0 Å². The third-order valence-electron chi connectivity index (χ3n) is 6.73. The summed E-state index contributed by atoms with van der Waals surface area (Å²) in [5.74, 6) is 1.14. The van der Waals surface area contributed by atoms with Crippen molar-refractivity contribution in [1.82, 2.24) is 29.2 Å². The molecule has 0 N–H and O–H groups in total. The summed E-state index contributed by atoms with van der Waals surface area (Å²) < 4.78 is 4.35. The zero-order chi connectivity index (χ0) is 19.4. The SMILES string of the molecule is Cn1ccnc1CN1CCC2(CCn3nc(-c4cnc5ccccc5c4)cc32)C1. The summed E-state index contributed by atoms with van der Waals surface area (Å²) in [6, 6.07) is 12.8. The molecule has 2 aliphatic rings. The van der Waals surface area contributed by atoms with Crippen LogP contribution in [0.5, 0.6) is 0 Å². The Labute approximate surface area is 169 Å². The monoisotopic (exact) mass is 384 g/mol. The quantitative estimate of drug-likeness (QED) is 0.543. The number of rotatable bonds is 3. The molecule has 5 heterocycles. The van der Waals surface area contributed by atoms with Crippen molar-refractivity contribution in [1.29, 1.82) is 0 Å². The average Bonchev–Trinajstić information content (AvgIpc) is 3.50. The largest absolute Gasteiger partial charge is 0.337 e. The molecule has 0 saturated carbocycles. The lowest BCUT2D eigenvalue weighted by Gasteiger charge is -2.23. The number of fused-ring (bicyclic) bond motifs is 3. The molecule has 3 aromatic heterocycles. The molecule has 2 aliphatic heterocycles. The number of likely N-dealkylation sites (tertiary alicyclic amines) is 1. The molecule has 6 rings (SSSR count). The topological polar surface area (TPSA) is 51.8 Å². The maximum atomic E-state index is 4.94. The van der Waals surface area contributed by atoms with Gasteiger partial charge in [-0.25, -0.2) is 4.98 Å². The molecule has 6 heteroatoms. The minimum atomic E-state index is 0.223. The molecule has 0 radical (unpaired) electrons. The predicted octanol–water partition coefficient (Wildman–Crippen LogP) is 3.38. The van der Waals surface area contributed by atoms with Crippen molar-refractivity contribution in [3.63, 3.8) is 0 Å². The van der Waals surface area contributed by atoms with Crippen LogP contribution in [0, 0.1) is 0 Å². The Kier molecular flexibility index (Phi) is 3.65. The lowest BCUT2D eigenvalue weighted by Crippen LogP contribution is -2.29. The molecule has 1 spiro atoms. The first kappa shape index (κ1) is 16.9. The Morgan fingerprint density at radius 3 is 2.86 bits per heavy atom. The van der Waals surface area contributed by atoms with Gasteiger partial charge in [-0.15, -0.1) is 0 Å². The minimum Gasteiger partial charge on any atom is -0.337 e. The van der Waals surface area contributed by atoms with Gasteiger partial charge in [-0.05, 0) is 37.6 Å². The highest BCUT2D eigenvalue weighted by Crippen LogP contribution is 2.44. The molecule has 1 atom stereocenters. The Morgan fingerprint density at radius 2 is 1.97 bits per heavy atom. The second kappa shape index (κ2) is 6.26. The van der Waals surface area contributed by atoms with Gasteiger partial charge in [0.15, 0.2) is 0 Å². The highest BCUT2D eigenvalue weighted by Gasteiger charge is 2.45. The number of nitrogens with zero attached hydrogens (tertiary/aromatic N) is 6. The fraction of sp³-hybridized carbons (Fsp3) is 0.348. The van der Waals surface area contributed by atoms with Crippen molar-refractivity contribution in [2.45, 2.75) is 31.3 Å². The van der Waals surface area contributed by atoms with Crippen molar-refractivity contribution < 1.29 is 0 Å². The van der Waals surface area contributed by atoms with E-state index < -0.39 is 0 Å². The molecule has 1 saturated heterocycles. The Hall–Kier alpha value is -2.99. The number of aryl methyl sites for hydroxylation is 2. The first-order valence-corrected chi connectivity index (χ1v) is 10.3. The molecule has 6 nitrogen and oxygen atoms in total. The highest BCUT2D eigenvalue weighted by atomic mass is 15.3. The van der Waals surface area contributed by atoms with Crippen molar-refractivity contribution in [2.24, 2.45) is 7.05 Å². The normalized spacial score (nSPS) is 21.4. The Morgan fingerprint density at radius 1 is 1.07 bits per heavy atom. The van der Waals surface area contributed by atoms with Crippen molar-refractivity contribution in [3.8, 4) is 11.3 Å².